The molecule has 1 aromatic carbocycles. The van der Waals surface area contributed by atoms with E-state index in [9.17, 15) is 14.4 Å². The molecule has 5 heteroatoms. The number of hydrogen-bond donors (Lipinski definition) is 1. The second-order valence-corrected chi connectivity index (χ2v) is 4.29. The van der Waals surface area contributed by atoms with E-state index in [1.54, 1.807) is 12.1 Å². The van der Waals surface area contributed by atoms with E-state index in [4.69, 9.17) is 0 Å². The molecule has 0 saturated heterocycles. The van der Waals surface area contributed by atoms with Crippen molar-refractivity contribution in [1.82, 2.24) is 10.2 Å². The Kier molecular flexibility index (Phi) is 3.75. The molecule has 19 heavy (non-hydrogen) atoms. The summed E-state index contributed by atoms with van der Waals surface area (Å²) in [6.45, 7) is 2.33. The van der Waals surface area contributed by atoms with Crippen LogP contribution in [0, 0.1) is 6.92 Å². The highest BCUT2D eigenvalue weighted by Gasteiger charge is 2.22. The molecule has 0 spiro atoms. The molecule has 1 aliphatic rings. The Morgan fingerprint density at radius 3 is 2.53 bits per heavy atom. The lowest BCUT2D eigenvalue weighted by Gasteiger charge is -2.14. The van der Waals surface area contributed by atoms with Crippen LogP contribution in [0.15, 0.2) is 36.4 Å². The summed E-state index contributed by atoms with van der Waals surface area (Å²) in [7, 11) is 0. The third-order valence-electron chi connectivity index (χ3n) is 2.80. The molecule has 0 bridgehead atoms. The molecule has 1 N–H and O–H groups in total. The minimum absolute atomic E-state index is 0.183. The van der Waals surface area contributed by atoms with Crippen molar-refractivity contribution in [1.29, 1.82) is 0 Å². The van der Waals surface area contributed by atoms with Crippen LogP contribution >= 0.6 is 0 Å². The highest BCUT2D eigenvalue weighted by molar-refractivity contribution is 6.12. The van der Waals surface area contributed by atoms with Crippen molar-refractivity contribution in [2.24, 2.45) is 0 Å². The molecule has 0 unspecified atom stereocenters. The van der Waals surface area contributed by atoms with Crippen molar-refractivity contribution < 1.29 is 14.4 Å². The molecular formula is C14H14N2O3. The molecule has 2 rings (SSSR count). The maximum absolute atomic E-state index is 11.8. The van der Waals surface area contributed by atoms with Crippen LogP contribution in [0.2, 0.25) is 0 Å². The SMILES string of the molecule is Cc1cccc(C(=O)NCCN2C(=O)C=CC2=O)c1. The zero-order chi connectivity index (χ0) is 13.8. The van der Waals surface area contributed by atoms with E-state index in [1.807, 2.05) is 19.1 Å². The van der Waals surface area contributed by atoms with Crippen molar-refractivity contribution in [3.63, 3.8) is 0 Å². The molecule has 1 aromatic rings. The van der Waals surface area contributed by atoms with Crippen LogP contribution in [0.4, 0.5) is 0 Å². The first-order valence-electron chi connectivity index (χ1n) is 5.96. The molecule has 1 aliphatic heterocycles. The summed E-state index contributed by atoms with van der Waals surface area (Å²) >= 11 is 0. The maximum Gasteiger partial charge on any atom is 0.253 e. The average molecular weight is 258 g/mol. The summed E-state index contributed by atoms with van der Waals surface area (Å²) < 4.78 is 0. The molecule has 0 aliphatic carbocycles. The van der Waals surface area contributed by atoms with Crippen LogP contribution < -0.4 is 5.32 Å². The first-order chi connectivity index (χ1) is 9.08. The van der Waals surface area contributed by atoms with E-state index in [0.29, 0.717) is 5.56 Å². The summed E-state index contributed by atoms with van der Waals surface area (Å²) in [4.78, 5) is 35.5. The van der Waals surface area contributed by atoms with E-state index < -0.39 is 0 Å². The van der Waals surface area contributed by atoms with Gasteiger partial charge >= 0.3 is 0 Å². The molecule has 0 saturated carbocycles. The Labute approximate surface area is 110 Å². The summed E-state index contributed by atoms with van der Waals surface area (Å²) in [5.41, 5.74) is 1.57. The number of nitrogens with one attached hydrogen (secondary N) is 1. The number of amides is 3. The zero-order valence-corrected chi connectivity index (χ0v) is 10.6. The summed E-state index contributed by atoms with van der Waals surface area (Å²) in [6, 6.07) is 7.21. The standard InChI is InChI=1S/C14H14N2O3/c1-10-3-2-4-11(9-10)14(19)15-7-8-16-12(17)5-6-13(16)18/h2-6,9H,7-8H2,1H3,(H,15,19). The molecule has 1 heterocycles. The number of nitrogens with zero attached hydrogens (tertiary/aromatic N) is 1. The number of aryl methyl sites for hydroxylation is 1. The first-order valence-corrected chi connectivity index (χ1v) is 5.96. The monoisotopic (exact) mass is 258 g/mol. The van der Waals surface area contributed by atoms with Crippen molar-refractivity contribution in [2.45, 2.75) is 6.92 Å². The van der Waals surface area contributed by atoms with Gasteiger partial charge in [-0.25, -0.2) is 0 Å². The number of benzene rings is 1. The Balaban J connectivity index is 1.85. The van der Waals surface area contributed by atoms with Crippen molar-refractivity contribution in [2.75, 3.05) is 13.1 Å². The van der Waals surface area contributed by atoms with Gasteiger partial charge in [-0.2, -0.15) is 0 Å². The Bertz CT molecular complexity index is 546. The average Bonchev–Trinajstić information content (AvgIpc) is 2.70. The van der Waals surface area contributed by atoms with Crippen molar-refractivity contribution >= 4 is 17.7 Å². The smallest absolute Gasteiger partial charge is 0.253 e. The third-order valence-corrected chi connectivity index (χ3v) is 2.80. The minimum Gasteiger partial charge on any atom is -0.350 e. The van der Waals surface area contributed by atoms with Crippen LogP contribution in [-0.2, 0) is 9.59 Å². The lowest BCUT2D eigenvalue weighted by Crippen LogP contribution is -2.38. The molecule has 0 aromatic heterocycles. The molecule has 3 amide bonds. The van der Waals surface area contributed by atoms with Crippen molar-refractivity contribution in [3.8, 4) is 0 Å². The van der Waals surface area contributed by atoms with E-state index in [1.165, 1.54) is 12.2 Å². The van der Waals surface area contributed by atoms with Gasteiger partial charge in [0.25, 0.3) is 17.7 Å². The van der Waals surface area contributed by atoms with Gasteiger partial charge in [0, 0.05) is 30.8 Å². The molecular weight excluding hydrogens is 244 g/mol. The van der Waals surface area contributed by atoms with Gasteiger partial charge in [0.15, 0.2) is 0 Å². The highest BCUT2D eigenvalue weighted by atomic mass is 16.2. The topological polar surface area (TPSA) is 66.5 Å². The van der Waals surface area contributed by atoms with Gasteiger partial charge in [-0.15, -0.1) is 0 Å². The second-order valence-electron chi connectivity index (χ2n) is 4.29. The predicted molar refractivity (Wildman–Crippen MR) is 69.4 cm³/mol. The van der Waals surface area contributed by atoms with E-state index in [2.05, 4.69) is 5.32 Å². The Hall–Kier alpha value is -2.43. The van der Waals surface area contributed by atoms with Crippen molar-refractivity contribution in [3.05, 3.63) is 47.5 Å². The maximum atomic E-state index is 11.8. The zero-order valence-electron chi connectivity index (χ0n) is 10.6. The number of hydrogen-bond acceptors (Lipinski definition) is 3. The molecule has 0 radical (unpaired) electrons. The fourth-order valence-electron chi connectivity index (χ4n) is 1.82. The predicted octanol–water partition coefficient (Wildman–Crippen LogP) is 0.650. The third kappa shape index (κ3) is 3.07. The van der Waals surface area contributed by atoms with Gasteiger partial charge in [0.05, 0.1) is 0 Å². The fraction of sp³-hybridized carbons (Fsp3) is 0.214. The lowest BCUT2D eigenvalue weighted by atomic mass is 10.1. The number of imide groups is 1. The molecule has 98 valence electrons. The van der Waals surface area contributed by atoms with Crippen LogP contribution in [0.1, 0.15) is 15.9 Å². The van der Waals surface area contributed by atoms with Crippen LogP contribution in [0.5, 0.6) is 0 Å². The first kappa shape index (κ1) is 13.0. The second kappa shape index (κ2) is 5.48. The van der Waals surface area contributed by atoms with E-state index in [-0.39, 0.29) is 30.8 Å². The molecule has 0 atom stereocenters. The van der Waals surface area contributed by atoms with Crippen LogP contribution in [0.25, 0.3) is 0 Å². The molecule has 5 nitrogen and oxygen atoms in total. The van der Waals surface area contributed by atoms with E-state index in [0.717, 1.165) is 10.5 Å². The van der Waals surface area contributed by atoms with Gasteiger partial charge < -0.3 is 5.32 Å². The normalized spacial score (nSPS) is 14.1. The van der Waals surface area contributed by atoms with Gasteiger partial charge in [-0.3, -0.25) is 19.3 Å². The number of carbonyl (C=O) groups excluding carboxylic acids is 3. The van der Waals surface area contributed by atoms with Gasteiger partial charge in [0.2, 0.25) is 0 Å². The summed E-state index contributed by atoms with van der Waals surface area (Å²) in [5, 5.41) is 2.68. The summed E-state index contributed by atoms with van der Waals surface area (Å²) in [5.74, 6) is -0.889. The molecule has 0 fully saturated rings. The van der Waals surface area contributed by atoms with Crippen LogP contribution in [0.3, 0.4) is 0 Å². The fourth-order valence-corrected chi connectivity index (χ4v) is 1.82. The lowest BCUT2D eigenvalue weighted by molar-refractivity contribution is -0.136. The minimum atomic E-state index is -0.338. The quantitative estimate of drug-likeness (QED) is 0.806. The van der Waals surface area contributed by atoms with Gasteiger partial charge in [-0.1, -0.05) is 17.7 Å². The van der Waals surface area contributed by atoms with Crippen LogP contribution in [-0.4, -0.2) is 35.7 Å². The Morgan fingerprint density at radius 1 is 1.21 bits per heavy atom. The largest absolute Gasteiger partial charge is 0.350 e. The summed E-state index contributed by atoms with van der Waals surface area (Å²) in [6.07, 6.45) is 2.45. The number of carbonyl (C=O) groups is 3. The number of rotatable bonds is 4. The van der Waals surface area contributed by atoms with Gasteiger partial charge in [-0.05, 0) is 19.1 Å². The Morgan fingerprint density at radius 2 is 1.89 bits per heavy atom. The highest BCUT2D eigenvalue weighted by Crippen LogP contribution is 2.04. The van der Waals surface area contributed by atoms with Gasteiger partial charge in [0.1, 0.15) is 0 Å². The van der Waals surface area contributed by atoms with E-state index >= 15 is 0 Å².